The number of carbonyl (C=O) groups excluding carboxylic acids is 1. The first-order valence-electron chi connectivity index (χ1n) is 7.90. The van der Waals surface area contributed by atoms with E-state index < -0.39 is 21.2 Å². The molecule has 0 radical (unpaired) electrons. The number of aliphatic hydroxyl groups excluding tert-OH is 1. The van der Waals surface area contributed by atoms with E-state index in [1.165, 1.54) is 6.08 Å². The molecular weight excluding hydrogens is 328 g/mol. The van der Waals surface area contributed by atoms with Crippen LogP contribution >= 0.6 is 0 Å². The van der Waals surface area contributed by atoms with Crippen molar-refractivity contribution < 1.29 is 18.3 Å². The van der Waals surface area contributed by atoms with E-state index in [-0.39, 0.29) is 30.2 Å². The number of aryl methyl sites for hydroxylation is 1. The SMILES string of the molecule is CC[C@@H](CN=NCC1=C[C@@H](O)CC1=O)S(=O)(=O)c1ccc(C)cc1. The number of rotatable bonds is 7. The highest BCUT2D eigenvalue weighted by molar-refractivity contribution is 7.92. The molecule has 0 heterocycles. The predicted octanol–water partition coefficient (Wildman–Crippen LogP) is 2.26. The second kappa shape index (κ2) is 7.81. The molecule has 1 N–H and O–H groups in total. The van der Waals surface area contributed by atoms with Crippen molar-refractivity contribution in [2.75, 3.05) is 13.1 Å². The fraction of sp³-hybridized carbons (Fsp3) is 0.471. The van der Waals surface area contributed by atoms with Crippen molar-refractivity contribution in [3.63, 3.8) is 0 Å². The normalized spacial score (nSPS) is 19.7. The molecular formula is C17H22N2O4S. The molecule has 2 atom stereocenters. The van der Waals surface area contributed by atoms with Gasteiger partial charge in [0, 0.05) is 12.0 Å². The molecule has 6 nitrogen and oxygen atoms in total. The molecule has 7 heteroatoms. The molecule has 0 spiro atoms. The van der Waals surface area contributed by atoms with Crippen molar-refractivity contribution in [1.82, 2.24) is 0 Å². The summed E-state index contributed by atoms with van der Waals surface area (Å²) in [5.41, 5.74) is 1.43. The van der Waals surface area contributed by atoms with E-state index in [9.17, 15) is 18.3 Å². The number of azo groups is 1. The van der Waals surface area contributed by atoms with Crippen molar-refractivity contribution in [2.24, 2.45) is 10.2 Å². The Kier molecular flexibility index (Phi) is 6.01. The van der Waals surface area contributed by atoms with Gasteiger partial charge in [-0.1, -0.05) is 24.6 Å². The Hall–Kier alpha value is -1.86. The maximum absolute atomic E-state index is 12.6. The van der Waals surface area contributed by atoms with E-state index in [1.54, 1.807) is 31.2 Å². The van der Waals surface area contributed by atoms with Crippen LogP contribution in [-0.4, -0.2) is 43.8 Å². The molecule has 1 aliphatic carbocycles. The molecule has 1 aromatic rings. The number of nitrogens with zero attached hydrogens (tertiary/aromatic N) is 2. The Morgan fingerprint density at radius 2 is 1.92 bits per heavy atom. The minimum atomic E-state index is -3.46. The van der Waals surface area contributed by atoms with Crippen molar-refractivity contribution >= 4 is 15.6 Å². The smallest absolute Gasteiger partial charge is 0.183 e. The zero-order valence-electron chi connectivity index (χ0n) is 13.8. The standard InChI is InChI=1S/C17H22N2O4S/c1-3-15(24(22,23)16-6-4-12(2)5-7-16)11-19-18-10-13-8-14(20)9-17(13)21/h4-8,14-15,20H,3,9-11H2,1-2H3/t14-,15+/m1/s1. The summed E-state index contributed by atoms with van der Waals surface area (Å²) in [5.74, 6) is -0.138. The van der Waals surface area contributed by atoms with Crippen LogP contribution in [0, 0.1) is 6.92 Å². The zero-order valence-corrected chi connectivity index (χ0v) is 14.7. The summed E-state index contributed by atoms with van der Waals surface area (Å²) in [7, 11) is -3.46. The molecule has 0 saturated heterocycles. The van der Waals surface area contributed by atoms with Crippen molar-refractivity contribution in [3.05, 3.63) is 41.5 Å². The first kappa shape index (κ1) is 18.5. The van der Waals surface area contributed by atoms with E-state index >= 15 is 0 Å². The second-order valence-electron chi connectivity index (χ2n) is 5.90. The molecule has 0 amide bonds. The molecule has 24 heavy (non-hydrogen) atoms. The summed E-state index contributed by atoms with van der Waals surface area (Å²) in [5, 5.41) is 16.6. The van der Waals surface area contributed by atoms with Gasteiger partial charge in [0.05, 0.1) is 29.3 Å². The molecule has 2 rings (SSSR count). The number of ketones is 1. The second-order valence-corrected chi connectivity index (χ2v) is 8.13. The van der Waals surface area contributed by atoms with Crippen LogP contribution < -0.4 is 0 Å². The van der Waals surface area contributed by atoms with Gasteiger partial charge in [0.1, 0.15) is 0 Å². The van der Waals surface area contributed by atoms with Gasteiger partial charge < -0.3 is 5.11 Å². The van der Waals surface area contributed by atoms with Crippen LogP contribution in [0.1, 0.15) is 25.3 Å². The molecule has 0 bridgehead atoms. The van der Waals surface area contributed by atoms with E-state index in [0.717, 1.165) is 5.56 Å². The van der Waals surface area contributed by atoms with Gasteiger partial charge in [-0.25, -0.2) is 8.42 Å². The molecule has 1 aromatic carbocycles. The summed E-state index contributed by atoms with van der Waals surface area (Å²) in [4.78, 5) is 11.8. The van der Waals surface area contributed by atoms with Crippen LogP contribution in [0.4, 0.5) is 0 Å². The van der Waals surface area contributed by atoms with Gasteiger partial charge >= 0.3 is 0 Å². The molecule has 130 valence electrons. The highest BCUT2D eigenvalue weighted by atomic mass is 32.2. The monoisotopic (exact) mass is 350 g/mol. The number of hydrogen-bond donors (Lipinski definition) is 1. The van der Waals surface area contributed by atoms with Gasteiger partial charge in [-0.15, -0.1) is 0 Å². The minimum Gasteiger partial charge on any atom is -0.389 e. The van der Waals surface area contributed by atoms with E-state index in [2.05, 4.69) is 10.2 Å². The number of benzene rings is 1. The third-order valence-electron chi connectivity index (χ3n) is 4.02. The summed E-state index contributed by atoms with van der Waals surface area (Å²) in [6.07, 6.45) is 1.25. The zero-order chi connectivity index (χ0) is 17.7. The maximum Gasteiger partial charge on any atom is 0.183 e. The van der Waals surface area contributed by atoms with Crippen molar-refractivity contribution in [2.45, 2.75) is 42.9 Å². The Morgan fingerprint density at radius 1 is 1.25 bits per heavy atom. The summed E-state index contributed by atoms with van der Waals surface area (Å²) in [6, 6.07) is 6.75. The lowest BCUT2D eigenvalue weighted by molar-refractivity contribution is -0.115. The van der Waals surface area contributed by atoms with Gasteiger partial charge in [0.2, 0.25) is 0 Å². The highest BCUT2D eigenvalue weighted by Gasteiger charge is 2.26. The maximum atomic E-state index is 12.6. The Labute approximate surface area is 142 Å². The topological polar surface area (TPSA) is 96.2 Å². The Bertz CT molecular complexity index is 751. The van der Waals surface area contributed by atoms with E-state index in [4.69, 9.17) is 0 Å². The summed E-state index contributed by atoms with van der Waals surface area (Å²) in [6.45, 7) is 3.83. The van der Waals surface area contributed by atoms with Crippen LogP contribution in [0.15, 0.2) is 51.0 Å². The molecule has 0 fully saturated rings. The number of aliphatic hydroxyl groups is 1. The fourth-order valence-electron chi connectivity index (χ4n) is 2.49. The van der Waals surface area contributed by atoms with Gasteiger partial charge in [-0.05, 0) is 31.6 Å². The van der Waals surface area contributed by atoms with E-state index in [0.29, 0.717) is 12.0 Å². The number of sulfone groups is 1. The first-order valence-corrected chi connectivity index (χ1v) is 9.45. The lowest BCUT2D eigenvalue weighted by atomic mass is 10.2. The van der Waals surface area contributed by atoms with Crippen LogP contribution in [0.5, 0.6) is 0 Å². The molecule has 0 aromatic heterocycles. The predicted molar refractivity (Wildman–Crippen MR) is 90.7 cm³/mol. The first-order chi connectivity index (χ1) is 11.3. The molecule has 0 saturated carbocycles. The lowest BCUT2D eigenvalue weighted by Crippen LogP contribution is -2.23. The average molecular weight is 350 g/mol. The minimum absolute atomic E-state index is 0.0523. The largest absolute Gasteiger partial charge is 0.389 e. The van der Waals surface area contributed by atoms with Crippen LogP contribution in [0.2, 0.25) is 0 Å². The van der Waals surface area contributed by atoms with Crippen LogP contribution in [0.3, 0.4) is 0 Å². The van der Waals surface area contributed by atoms with Crippen LogP contribution in [-0.2, 0) is 14.6 Å². The summed E-state index contributed by atoms with van der Waals surface area (Å²) >= 11 is 0. The number of carbonyl (C=O) groups is 1. The van der Waals surface area contributed by atoms with Crippen molar-refractivity contribution in [3.8, 4) is 0 Å². The number of Topliss-reactive ketones (excluding diaryl/α,β-unsaturated/α-hetero) is 1. The van der Waals surface area contributed by atoms with Gasteiger partial charge in [0.25, 0.3) is 0 Å². The Balaban J connectivity index is 2.01. The lowest BCUT2D eigenvalue weighted by Gasteiger charge is -2.13. The number of hydrogen-bond acceptors (Lipinski definition) is 6. The molecule has 0 aliphatic heterocycles. The van der Waals surface area contributed by atoms with Gasteiger partial charge in [-0.2, -0.15) is 10.2 Å². The van der Waals surface area contributed by atoms with Crippen LogP contribution in [0.25, 0.3) is 0 Å². The van der Waals surface area contributed by atoms with Gasteiger partial charge in [0.15, 0.2) is 15.6 Å². The van der Waals surface area contributed by atoms with Crippen molar-refractivity contribution in [1.29, 1.82) is 0 Å². The third kappa shape index (κ3) is 4.36. The Morgan fingerprint density at radius 3 is 2.46 bits per heavy atom. The quantitative estimate of drug-likeness (QED) is 0.763. The highest BCUT2D eigenvalue weighted by Crippen LogP contribution is 2.20. The van der Waals surface area contributed by atoms with E-state index in [1.807, 2.05) is 6.92 Å². The third-order valence-corrected chi connectivity index (χ3v) is 6.31. The molecule has 1 aliphatic rings. The average Bonchev–Trinajstić information content (AvgIpc) is 2.85. The van der Waals surface area contributed by atoms with Gasteiger partial charge in [-0.3, -0.25) is 4.79 Å². The molecule has 0 unspecified atom stereocenters. The summed E-state index contributed by atoms with van der Waals surface area (Å²) < 4.78 is 25.2. The fourth-order valence-corrected chi connectivity index (χ4v) is 4.09.